The van der Waals surface area contributed by atoms with Crippen LogP contribution in [0, 0.1) is 6.92 Å². The molecule has 0 saturated carbocycles. The number of amides is 2. The Labute approximate surface area is 138 Å². The molecule has 1 aromatic heterocycles. The van der Waals surface area contributed by atoms with Gasteiger partial charge in [0.15, 0.2) is 0 Å². The first-order valence-electron chi connectivity index (χ1n) is 8.08. The summed E-state index contributed by atoms with van der Waals surface area (Å²) >= 11 is 0. The van der Waals surface area contributed by atoms with E-state index >= 15 is 0 Å². The summed E-state index contributed by atoms with van der Waals surface area (Å²) in [6.45, 7) is 4.80. The summed E-state index contributed by atoms with van der Waals surface area (Å²) in [7, 11) is 1.84. The van der Waals surface area contributed by atoms with Crippen molar-refractivity contribution in [3.63, 3.8) is 0 Å². The fourth-order valence-electron chi connectivity index (χ4n) is 2.77. The summed E-state index contributed by atoms with van der Waals surface area (Å²) in [6.07, 6.45) is 5.24. The van der Waals surface area contributed by atoms with E-state index in [1.807, 2.05) is 19.2 Å². The van der Waals surface area contributed by atoms with E-state index in [2.05, 4.69) is 48.4 Å². The van der Waals surface area contributed by atoms with Crippen LogP contribution in [-0.4, -0.2) is 29.5 Å². The zero-order valence-electron chi connectivity index (χ0n) is 14.1. The van der Waals surface area contributed by atoms with E-state index in [9.17, 15) is 4.79 Å². The fraction of sp³-hybridized carbons (Fsp3) is 0.368. The van der Waals surface area contributed by atoms with Crippen LogP contribution in [0.1, 0.15) is 36.1 Å². The molecule has 1 heterocycles. The minimum Gasteiger partial charge on any atom is -0.338 e. The van der Waals surface area contributed by atoms with Crippen molar-refractivity contribution in [3.05, 3.63) is 65.5 Å². The molecule has 0 saturated heterocycles. The molecule has 1 N–H and O–H groups in total. The summed E-state index contributed by atoms with van der Waals surface area (Å²) in [5.74, 6) is 0. The third kappa shape index (κ3) is 4.81. The lowest BCUT2D eigenvalue weighted by Crippen LogP contribution is -2.40. The third-order valence-corrected chi connectivity index (χ3v) is 4.04. The van der Waals surface area contributed by atoms with Gasteiger partial charge in [0.1, 0.15) is 0 Å². The van der Waals surface area contributed by atoms with Crippen LogP contribution < -0.4 is 5.32 Å². The minimum absolute atomic E-state index is 0.0404. The van der Waals surface area contributed by atoms with Gasteiger partial charge in [-0.3, -0.25) is 4.98 Å². The van der Waals surface area contributed by atoms with Gasteiger partial charge in [0.2, 0.25) is 0 Å². The van der Waals surface area contributed by atoms with Crippen LogP contribution in [-0.2, 0) is 6.42 Å². The van der Waals surface area contributed by atoms with Gasteiger partial charge in [0, 0.05) is 26.0 Å². The van der Waals surface area contributed by atoms with Gasteiger partial charge < -0.3 is 10.2 Å². The van der Waals surface area contributed by atoms with Crippen LogP contribution in [0.3, 0.4) is 0 Å². The number of aryl methyl sites for hydroxylation is 1. The van der Waals surface area contributed by atoms with Gasteiger partial charge in [-0.1, -0.05) is 36.8 Å². The van der Waals surface area contributed by atoms with Crippen molar-refractivity contribution in [2.45, 2.75) is 32.7 Å². The van der Waals surface area contributed by atoms with E-state index in [1.165, 1.54) is 11.1 Å². The van der Waals surface area contributed by atoms with E-state index in [0.717, 1.165) is 18.4 Å². The molecule has 1 aromatic carbocycles. The number of hydrogen-bond donors (Lipinski definition) is 1. The zero-order chi connectivity index (χ0) is 16.7. The van der Waals surface area contributed by atoms with E-state index in [0.29, 0.717) is 6.54 Å². The topological polar surface area (TPSA) is 45.2 Å². The SMILES string of the molecule is CC[C@H](c1ccncc1)N(C)C(=O)NCCc1cccc(C)c1. The molecule has 0 unspecified atom stereocenters. The van der Waals surface area contributed by atoms with Gasteiger partial charge in [-0.05, 0) is 43.0 Å². The number of nitrogens with zero attached hydrogens (tertiary/aromatic N) is 2. The van der Waals surface area contributed by atoms with Crippen molar-refractivity contribution < 1.29 is 4.79 Å². The summed E-state index contributed by atoms with van der Waals surface area (Å²) in [6, 6.07) is 12.3. The standard InChI is InChI=1S/C19H25N3O/c1-4-18(17-9-11-20-12-10-17)22(3)19(23)21-13-8-16-7-5-6-15(2)14-16/h5-7,9-12,14,18H,4,8,13H2,1-3H3,(H,21,23)/t18-/m1/s1. The van der Waals surface area contributed by atoms with Crippen LogP contribution in [0.5, 0.6) is 0 Å². The number of aromatic nitrogens is 1. The van der Waals surface area contributed by atoms with Gasteiger partial charge in [0.25, 0.3) is 0 Å². The molecule has 122 valence electrons. The van der Waals surface area contributed by atoms with Gasteiger partial charge in [-0.25, -0.2) is 4.79 Å². The van der Waals surface area contributed by atoms with Crippen LogP contribution >= 0.6 is 0 Å². The maximum Gasteiger partial charge on any atom is 0.317 e. The lowest BCUT2D eigenvalue weighted by atomic mass is 10.1. The number of carbonyl (C=O) groups excluding carboxylic acids is 1. The van der Waals surface area contributed by atoms with Gasteiger partial charge >= 0.3 is 6.03 Å². The second kappa shape index (κ2) is 8.32. The number of urea groups is 1. The molecule has 0 aliphatic heterocycles. The lowest BCUT2D eigenvalue weighted by molar-refractivity contribution is 0.189. The summed E-state index contributed by atoms with van der Waals surface area (Å²) in [4.78, 5) is 18.2. The summed E-state index contributed by atoms with van der Waals surface area (Å²) in [5, 5.41) is 3.01. The van der Waals surface area contributed by atoms with Gasteiger partial charge in [-0.15, -0.1) is 0 Å². The highest BCUT2D eigenvalue weighted by molar-refractivity contribution is 5.74. The highest BCUT2D eigenvalue weighted by Gasteiger charge is 2.19. The number of nitrogens with one attached hydrogen (secondary N) is 1. The second-order valence-electron chi connectivity index (χ2n) is 5.79. The molecule has 4 nitrogen and oxygen atoms in total. The molecule has 1 atom stereocenters. The Hall–Kier alpha value is -2.36. The molecule has 2 aromatic rings. The monoisotopic (exact) mass is 311 g/mol. The second-order valence-corrected chi connectivity index (χ2v) is 5.79. The normalized spacial score (nSPS) is 11.8. The van der Waals surface area contributed by atoms with Crippen LogP contribution in [0.25, 0.3) is 0 Å². The van der Waals surface area contributed by atoms with E-state index in [-0.39, 0.29) is 12.1 Å². The van der Waals surface area contributed by atoms with Crippen LogP contribution in [0.2, 0.25) is 0 Å². The number of hydrogen-bond acceptors (Lipinski definition) is 2. The molecule has 0 radical (unpaired) electrons. The number of benzene rings is 1. The molecule has 2 rings (SSSR count). The Bertz CT molecular complexity index is 628. The molecule has 0 aliphatic carbocycles. The van der Waals surface area contributed by atoms with Crippen LogP contribution in [0.4, 0.5) is 4.79 Å². The van der Waals surface area contributed by atoms with Gasteiger partial charge in [0.05, 0.1) is 6.04 Å². The first-order chi connectivity index (χ1) is 11.1. The first-order valence-corrected chi connectivity index (χ1v) is 8.08. The number of rotatable bonds is 6. The molecular weight excluding hydrogens is 286 g/mol. The van der Waals surface area contributed by atoms with E-state index < -0.39 is 0 Å². The molecule has 4 heteroatoms. The highest BCUT2D eigenvalue weighted by atomic mass is 16.2. The largest absolute Gasteiger partial charge is 0.338 e. The Morgan fingerprint density at radius 1 is 1.26 bits per heavy atom. The highest BCUT2D eigenvalue weighted by Crippen LogP contribution is 2.21. The summed E-state index contributed by atoms with van der Waals surface area (Å²) in [5.41, 5.74) is 3.60. The average Bonchev–Trinajstić information content (AvgIpc) is 2.56. The minimum atomic E-state index is -0.0404. The first kappa shape index (κ1) is 17.0. The number of pyridine rings is 1. The zero-order valence-corrected chi connectivity index (χ0v) is 14.1. The Balaban J connectivity index is 1.89. The van der Waals surface area contributed by atoms with Crippen molar-refractivity contribution in [1.29, 1.82) is 0 Å². The smallest absolute Gasteiger partial charge is 0.317 e. The van der Waals surface area contributed by atoms with Crippen LogP contribution in [0.15, 0.2) is 48.8 Å². The molecule has 2 amide bonds. The molecule has 0 aliphatic rings. The van der Waals surface area contributed by atoms with Gasteiger partial charge in [-0.2, -0.15) is 0 Å². The molecule has 0 spiro atoms. The number of carbonyl (C=O) groups is 1. The Kier molecular flexibility index (Phi) is 6.15. The predicted molar refractivity (Wildman–Crippen MR) is 93.3 cm³/mol. The Morgan fingerprint density at radius 2 is 2.00 bits per heavy atom. The Morgan fingerprint density at radius 3 is 2.65 bits per heavy atom. The van der Waals surface area contributed by atoms with Crippen molar-refractivity contribution in [2.24, 2.45) is 0 Å². The van der Waals surface area contributed by atoms with Crippen molar-refractivity contribution in [3.8, 4) is 0 Å². The lowest BCUT2D eigenvalue weighted by Gasteiger charge is -2.27. The maximum absolute atomic E-state index is 12.4. The molecular formula is C19H25N3O. The molecule has 23 heavy (non-hydrogen) atoms. The van der Waals surface area contributed by atoms with Crippen molar-refractivity contribution in [1.82, 2.24) is 15.2 Å². The van der Waals surface area contributed by atoms with Crippen molar-refractivity contribution in [2.75, 3.05) is 13.6 Å². The molecule has 0 fully saturated rings. The van der Waals surface area contributed by atoms with E-state index in [1.54, 1.807) is 17.3 Å². The van der Waals surface area contributed by atoms with Crippen molar-refractivity contribution >= 4 is 6.03 Å². The predicted octanol–water partition coefficient (Wildman–Crippen LogP) is 3.73. The van der Waals surface area contributed by atoms with E-state index in [4.69, 9.17) is 0 Å². The fourth-order valence-corrected chi connectivity index (χ4v) is 2.77. The third-order valence-electron chi connectivity index (χ3n) is 4.04. The average molecular weight is 311 g/mol. The summed E-state index contributed by atoms with van der Waals surface area (Å²) < 4.78 is 0. The molecule has 0 bridgehead atoms. The quantitative estimate of drug-likeness (QED) is 0.883. The maximum atomic E-state index is 12.4.